The van der Waals surface area contributed by atoms with Gasteiger partial charge < -0.3 is 5.11 Å². The lowest BCUT2D eigenvalue weighted by Gasteiger charge is -2.15. The molecule has 0 aliphatic rings. The van der Waals surface area contributed by atoms with Gasteiger partial charge >= 0.3 is 0 Å². The van der Waals surface area contributed by atoms with Crippen LogP contribution in [0.2, 0.25) is 0 Å². The van der Waals surface area contributed by atoms with Crippen LogP contribution < -0.4 is 5.56 Å². The van der Waals surface area contributed by atoms with E-state index in [4.69, 9.17) is 0 Å². The fourth-order valence-electron chi connectivity index (χ4n) is 0.879. The second-order valence-electron chi connectivity index (χ2n) is 2.79. The van der Waals surface area contributed by atoms with Crippen molar-refractivity contribution in [1.29, 1.82) is 0 Å². The first-order valence-electron chi connectivity index (χ1n) is 3.85. The summed E-state index contributed by atoms with van der Waals surface area (Å²) in [6.07, 6.45) is 0.956. The third kappa shape index (κ3) is 1.71. The Balaban J connectivity index is 3.03. The highest BCUT2D eigenvalue weighted by Crippen LogP contribution is 2.04. The largest absolute Gasteiger partial charge is 0.391 e. The van der Waals surface area contributed by atoms with Crippen LogP contribution in [0.5, 0.6) is 0 Å². The average molecular weight is 168 g/mol. The van der Waals surface area contributed by atoms with Gasteiger partial charge in [-0.1, -0.05) is 0 Å². The van der Waals surface area contributed by atoms with E-state index in [0.717, 1.165) is 0 Å². The maximum absolute atomic E-state index is 11.2. The summed E-state index contributed by atoms with van der Waals surface area (Å²) in [4.78, 5) is 11.2. The molecule has 0 saturated heterocycles. The van der Waals surface area contributed by atoms with Gasteiger partial charge in [0.15, 0.2) is 0 Å². The number of rotatable bonds is 2. The summed E-state index contributed by atoms with van der Waals surface area (Å²) < 4.78 is 1.27. The monoisotopic (exact) mass is 168 g/mol. The normalized spacial score (nSPS) is 15.6. The van der Waals surface area contributed by atoms with Gasteiger partial charge in [-0.05, 0) is 19.9 Å². The fraction of sp³-hybridized carbons (Fsp3) is 0.500. The maximum atomic E-state index is 11.2. The van der Waals surface area contributed by atoms with Gasteiger partial charge in [0.25, 0.3) is 5.56 Å². The van der Waals surface area contributed by atoms with Crippen molar-refractivity contribution in [2.24, 2.45) is 0 Å². The van der Waals surface area contributed by atoms with Crippen molar-refractivity contribution in [2.75, 3.05) is 0 Å². The standard InChI is InChI=1S/C8H12N2O2/c1-6(7(2)11)10-8(12)4-3-5-9-10/h3-7,11H,1-2H3. The smallest absolute Gasteiger partial charge is 0.267 e. The molecule has 12 heavy (non-hydrogen) atoms. The summed E-state index contributed by atoms with van der Waals surface area (Å²) in [5.41, 5.74) is -0.189. The van der Waals surface area contributed by atoms with Crippen molar-refractivity contribution in [3.63, 3.8) is 0 Å². The Kier molecular flexibility index (Phi) is 2.60. The van der Waals surface area contributed by atoms with E-state index in [9.17, 15) is 9.90 Å². The Hall–Kier alpha value is -1.16. The minimum Gasteiger partial charge on any atom is -0.391 e. The van der Waals surface area contributed by atoms with Crippen molar-refractivity contribution < 1.29 is 5.11 Å². The second-order valence-corrected chi connectivity index (χ2v) is 2.79. The average Bonchev–Trinajstić information content (AvgIpc) is 2.04. The number of aromatic nitrogens is 2. The molecule has 4 nitrogen and oxygen atoms in total. The number of aliphatic hydroxyl groups is 1. The first-order valence-corrected chi connectivity index (χ1v) is 3.85. The Morgan fingerprint density at radius 3 is 2.75 bits per heavy atom. The topological polar surface area (TPSA) is 55.1 Å². The van der Waals surface area contributed by atoms with Gasteiger partial charge in [-0.3, -0.25) is 4.79 Å². The molecule has 1 aromatic heterocycles. The van der Waals surface area contributed by atoms with Gasteiger partial charge in [-0.25, -0.2) is 4.68 Å². The van der Waals surface area contributed by atoms with Crippen LogP contribution >= 0.6 is 0 Å². The molecule has 1 heterocycles. The molecule has 0 spiro atoms. The lowest BCUT2D eigenvalue weighted by molar-refractivity contribution is 0.129. The van der Waals surface area contributed by atoms with E-state index in [-0.39, 0.29) is 11.6 Å². The predicted octanol–water partition coefficient (Wildman–Crippen LogP) is 0.185. The molecule has 2 unspecified atom stereocenters. The summed E-state index contributed by atoms with van der Waals surface area (Å²) in [6.45, 7) is 3.38. The third-order valence-electron chi connectivity index (χ3n) is 1.83. The van der Waals surface area contributed by atoms with Crippen molar-refractivity contribution in [1.82, 2.24) is 9.78 Å². The zero-order valence-corrected chi connectivity index (χ0v) is 7.14. The molecule has 0 saturated carbocycles. The van der Waals surface area contributed by atoms with Crippen LogP contribution in [0.4, 0.5) is 0 Å². The first kappa shape index (κ1) is 8.93. The van der Waals surface area contributed by atoms with E-state index < -0.39 is 6.10 Å². The van der Waals surface area contributed by atoms with Crippen LogP contribution in [-0.4, -0.2) is 21.0 Å². The highest BCUT2D eigenvalue weighted by Gasteiger charge is 2.11. The molecule has 0 bridgehead atoms. The zero-order valence-electron chi connectivity index (χ0n) is 7.14. The van der Waals surface area contributed by atoms with Crippen LogP contribution in [0, 0.1) is 0 Å². The molecule has 66 valence electrons. The maximum Gasteiger partial charge on any atom is 0.267 e. The van der Waals surface area contributed by atoms with Gasteiger partial charge in [0, 0.05) is 12.3 Å². The van der Waals surface area contributed by atoms with E-state index in [2.05, 4.69) is 5.10 Å². The molecule has 2 atom stereocenters. The Morgan fingerprint density at radius 2 is 2.25 bits per heavy atom. The minimum atomic E-state index is -0.572. The molecule has 0 radical (unpaired) electrons. The second kappa shape index (κ2) is 3.49. The number of hydrogen-bond donors (Lipinski definition) is 1. The summed E-state index contributed by atoms with van der Waals surface area (Å²) in [7, 11) is 0. The minimum absolute atomic E-state index is 0.189. The van der Waals surface area contributed by atoms with Crippen molar-refractivity contribution in [3.8, 4) is 0 Å². The van der Waals surface area contributed by atoms with Crippen molar-refractivity contribution >= 4 is 0 Å². The molecule has 4 heteroatoms. The van der Waals surface area contributed by atoms with Crippen molar-refractivity contribution in [3.05, 3.63) is 28.7 Å². The molecule has 1 aromatic rings. The van der Waals surface area contributed by atoms with E-state index in [1.165, 1.54) is 16.9 Å². The number of aliphatic hydroxyl groups excluding tert-OH is 1. The molecule has 0 aliphatic carbocycles. The van der Waals surface area contributed by atoms with E-state index in [1.54, 1.807) is 19.9 Å². The van der Waals surface area contributed by atoms with Gasteiger partial charge in [-0.2, -0.15) is 5.10 Å². The quantitative estimate of drug-likeness (QED) is 0.685. The van der Waals surface area contributed by atoms with Gasteiger partial charge in [0.1, 0.15) is 0 Å². The molecule has 1 rings (SSSR count). The van der Waals surface area contributed by atoms with E-state index in [1.807, 2.05) is 0 Å². The Morgan fingerprint density at radius 1 is 1.58 bits per heavy atom. The highest BCUT2D eigenvalue weighted by molar-refractivity contribution is 4.86. The summed E-state index contributed by atoms with van der Waals surface area (Å²) in [5.74, 6) is 0. The summed E-state index contributed by atoms with van der Waals surface area (Å²) in [5, 5.41) is 13.0. The molecular weight excluding hydrogens is 156 g/mol. The number of hydrogen-bond acceptors (Lipinski definition) is 3. The molecular formula is C8H12N2O2. The molecule has 0 amide bonds. The predicted molar refractivity (Wildman–Crippen MR) is 44.9 cm³/mol. The summed E-state index contributed by atoms with van der Waals surface area (Å²) >= 11 is 0. The zero-order chi connectivity index (χ0) is 9.14. The summed E-state index contributed by atoms with van der Waals surface area (Å²) in [6, 6.07) is 2.72. The Labute approximate surface area is 70.5 Å². The molecule has 0 aliphatic heterocycles. The Bertz CT molecular complexity index is 306. The van der Waals surface area contributed by atoms with Crippen LogP contribution in [0.1, 0.15) is 19.9 Å². The van der Waals surface area contributed by atoms with Crippen LogP contribution in [0.3, 0.4) is 0 Å². The van der Waals surface area contributed by atoms with Crippen LogP contribution in [0.15, 0.2) is 23.1 Å². The highest BCUT2D eigenvalue weighted by atomic mass is 16.3. The van der Waals surface area contributed by atoms with E-state index >= 15 is 0 Å². The molecule has 0 aromatic carbocycles. The lowest BCUT2D eigenvalue weighted by Crippen LogP contribution is -2.30. The number of nitrogens with zero attached hydrogens (tertiary/aromatic N) is 2. The fourth-order valence-corrected chi connectivity index (χ4v) is 0.879. The van der Waals surface area contributed by atoms with Crippen LogP contribution in [-0.2, 0) is 0 Å². The van der Waals surface area contributed by atoms with E-state index in [0.29, 0.717) is 0 Å². The SMILES string of the molecule is CC(O)C(C)n1ncccc1=O. The van der Waals surface area contributed by atoms with Gasteiger partial charge in [-0.15, -0.1) is 0 Å². The van der Waals surface area contributed by atoms with Gasteiger partial charge in [0.05, 0.1) is 12.1 Å². The third-order valence-corrected chi connectivity index (χ3v) is 1.83. The molecule has 0 fully saturated rings. The lowest BCUT2D eigenvalue weighted by atomic mass is 10.2. The first-order chi connectivity index (χ1) is 5.63. The van der Waals surface area contributed by atoms with Gasteiger partial charge in [0.2, 0.25) is 0 Å². The van der Waals surface area contributed by atoms with Crippen LogP contribution in [0.25, 0.3) is 0 Å². The molecule has 1 N–H and O–H groups in total. The van der Waals surface area contributed by atoms with Crippen molar-refractivity contribution in [2.45, 2.75) is 26.0 Å².